The topological polar surface area (TPSA) is 76.2 Å². The Bertz CT molecular complexity index is 575. The van der Waals surface area contributed by atoms with E-state index < -0.39 is 11.4 Å². The zero-order chi connectivity index (χ0) is 13.3. The summed E-state index contributed by atoms with van der Waals surface area (Å²) >= 11 is 3.33. The van der Waals surface area contributed by atoms with Crippen LogP contribution in [0.4, 0.5) is 0 Å². The average molecular weight is 311 g/mol. The van der Waals surface area contributed by atoms with Gasteiger partial charge in [0.25, 0.3) is 5.89 Å². The minimum atomic E-state index is -1.17. The second-order valence-electron chi connectivity index (χ2n) is 4.36. The zero-order valence-corrected chi connectivity index (χ0v) is 11.4. The number of aromatic nitrogens is 2. The van der Waals surface area contributed by atoms with Crippen LogP contribution in [0, 0.1) is 0 Å². The lowest BCUT2D eigenvalue weighted by atomic mass is 9.93. The number of carbonyl (C=O) groups is 1. The molecule has 0 saturated heterocycles. The van der Waals surface area contributed by atoms with Crippen molar-refractivity contribution in [2.45, 2.75) is 19.3 Å². The Morgan fingerprint density at radius 2 is 1.94 bits per heavy atom. The van der Waals surface area contributed by atoms with E-state index in [1.807, 2.05) is 24.3 Å². The first-order valence-corrected chi connectivity index (χ1v) is 6.04. The first-order valence-electron chi connectivity index (χ1n) is 5.25. The number of nitrogens with zero attached hydrogens (tertiary/aromatic N) is 2. The largest absolute Gasteiger partial charge is 0.481 e. The summed E-state index contributed by atoms with van der Waals surface area (Å²) in [6, 6.07) is 7.33. The highest BCUT2D eigenvalue weighted by atomic mass is 79.9. The highest BCUT2D eigenvalue weighted by Gasteiger charge is 2.35. The Balaban J connectivity index is 2.37. The number of carboxylic acids is 1. The van der Waals surface area contributed by atoms with Crippen LogP contribution in [0.3, 0.4) is 0 Å². The lowest BCUT2D eigenvalue weighted by Gasteiger charge is -2.12. The summed E-state index contributed by atoms with van der Waals surface area (Å²) in [6.07, 6.45) is 0. The minimum Gasteiger partial charge on any atom is -0.481 e. The van der Waals surface area contributed by atoms with Crippen molar-refractivity contribution in [3.8, 4) is 11.5 Å². The van der Waals surface area contributed by atoms with Crippen molar-refractivity contribution >= 4 is 21.9 Å². The maximum Gasteiger partial charge on any atom is 0.316 e. The molecule has 0 unspecified atom stereocenters. The lowest BCUT2D eigenvalue weighted by molar-refractivity contribution is -0.142. The fourth-order valence-corrected chi connectivity index (χ4v) is 1.55. The van der Waals surface area contributed by atoms with Crippen molar-refractivity contribution in [1.82, 2.24) is 10.1 Å². The van der Waals surface area contributed by atoms with E-state index >= 15 is 0 Å². The van der Waals surface area contributed by atoms with Crippen LogP contribution in [0.1, 0.15) is 19.7 Å². The number of halogens is 1. The Morgan fingerprint density at radius 3 is 2.50 bits per heavy atom. The van der Waals surface area contributed by atoms with E-state index in [9.17, 15) is 4.79 Å². The van der Waals surface area contributed by atoms with E-state index in [1.54, 1.807) is 0 Å². The number of benzene rings is 1. The molecule has 1 aromatic carbocycles. The van der Waals surface area contributed by atoms with Crippen molar-refractivity contribution in [2.24, 2.45) is 0 Å². The molecule has 0 aliphatic carbocycles. The van der Waals surface area contributed by atoms with Crippen LogP contribution in [0.5, 0.6) is 0 Å². The van der Waals surface area contributed by atoms with Gasteiger partial charge in [0.2, 0.25) is 0 Å². The van der Waals surface area contributed by atoms with Crippen LogP contribution in [0.2, 0.25) is 0 Å². The van der Waals surface area contributed by atoms with Crippen LogP contribution in [0.15, 0.2) is 33.3 Å². The van der Waals surface area contributed by atoms with Gasteiger partial charge >= 0.3 is 5.97 Å². The van der Waals surface area contributed by atoms with Gasteiger partial charge in [0.05, 0.1) is 0 Å². The minimum absolute atomic E-state index is 0.160. The number of aliphatic carboxylic acids is 1. The summed E-state index contributed by atoms with van der Waals surface area (Å²) in [5.74, 6) is -0.523. The number of hydrogen-bond acceptors (Lipinski definition) is 4. The molecule has 0 amide bonds. The second-order valence-corrected chi connectivity index (χ2v) is 5.28. The molecular formula is C12H11BrN2O3. The summed E-state index contributed by atoms with van der Waals surface area (Å²) in [6.45, 7) is 3.07. The van der Waals surface area contributed by atoms with Crippen molar-refractivity contribution in [2.75, 3.05) is 0 Å². The van der Waals surface area contributed by atoms with Gasteiger partial charge in [0.15, 0.2) is 5.82 Å². The molecule has 0 aliphatic heterocycles. The number of carboxylic acid groups (broad SMARTS) is 1. The van der Waals surface area contributed by atoms with Crippen molar-refractivity contribution in [3.05, 3.63) is 34.6 Å². The van der Waals surface area contributed by atoms with Crippen molar-refractivity contribution < 1.29 is 14.4 Å². The quantitative estimate of drug-likeness (QED) is 0.943. The molecule has 0 radical (unpaired) electrons. The molecule has 2 aromatic rings. The number of rotatable bonds is 3. The highest BCUT2D eigenvalue weighted by molar-refractivity contribution is 9.10. The van der Waals surface area contributed by atoms with Gasteiger partial charge in [-0.15, -0.1) is 0 Å². The number of hydrogen-bond donors (Lipinski definition) is 1. The molecule has 1 heterocycles. The van der Waals surface area contributed by atoms with Gasteiger partial charge in [-0.05, 0) is 38.1 Å². The van der Waals surface area contributed by atoms with Crippen molar-refractivity contribution in [3.63, 3.8) is 0 Å². The summed E-state index contributed by atoms with van der Waals surface area (Å²) in [7, 11) is 0. The molecule has 94 valence electrons. The molecule has 2 rings (SSSR count). The molecule has 18 heavy (non-hydrogen) atoms. The Hall–Kier alpha value is -1.69. The van der Waals surface area contributed by atoms with E-state index in [4.69, 9.17) is 9.63 Å². The van der Waals surface area contributed by atoms with Crippen LogP contribution in [0.25, 0.3) is 11.5 Å². The van der Waals surface area contributed by atoms with Gasteiger partial charge in [0, 0.05) is 10.0 Å². The first kappa shape index (κ1) is 12.8. The smallest absolute Gasteiger partial charge is 0.316 e. The van der Waals surface area contributed by atoms with E-state index in [2.05, 4.69) is 26.1 Å². The predicted molar refractivity (Wildman–Crippen MR) is 68.1 cm³/mol. The molecule has 6 heteroatoms. The molecule has 0 spiro atoms. The molecule has 1 N–H and O–H groups in total. The van der Waals surface area contributed by atoms with Gasteiger partial charge < -0.3 is 9.63 Å². The van der Waals surface area contributed by atoms with Crippen LogP contribution in [-0.2, 0) is 10.2 Å². The van der Waals surface area contributed by atoms with Gasteiger partial charge in [0.1, 0.15) is 5.41 Å². The first-order chi connectivity index (χ1) is 8.41. The Kier molecular flexibility index (Phi) is 3.21. The highest BCUT2D eigenvalue weighted by Crippen LogP contribution is 2.25. The van der Waals surface area contributed by atoms with Crippen LogP contribution < -0.4 is 0 Å². The third-order valence-corrected chi connectivity index (χ3v) is 3.14. The average Bonchev–Trinajstić information content (AvgIpc) is 2.79. The molecule has 0 aliphatic rings. The fraction of sp³-hybridized carbons (Fsp3) is 0.250. The maximum atomic E-state index is 11.1. The van der Waals surface area contributed by atoms with E-state index in [-0.39, 0.29) is 5.82 Å². The lowest BCUT2D eigenvalue weighted by Crippen LogP contribution is -2.29. The molecule has 1 aromatic heterocycles. The Morgan fingerprint density at radius 1 is 1.33 bits per heavy atom. The van der Waals surface area contributed by atoms with Gasteiger partial charge in [-0.2, -0.15) is 4.98 Å². The van der Waals surface area contributed by atoms with Crippen molar-refractivity contribution in [1.29, 1.82) is 0 Å². The summed E-state index contributed by atoms with van der Waals surface area (Å²) in [4.78, 5) is 15.2. The third-order valence-electron chi connectivity index (χ3n) is 2.61. The third kappa shape index (κ3) is 2.28. The summed E-state index contributed by atoms with van der Waals surface area (Å²) < 4.78 is 6.03. The van der Waals surface area contributed by atoms with E-state index in [0.717, 1.165) is 10.0 Å². The van der Waals surface area contributed by atoms with Gasteiger partial charge in [-0.1, -0.05) is 21.1 Å². The Labute approximate surface area is 112 Å². The maximum absolute atomic E-state index is 11.1. The molecule has 0 atom stereocenters. The zero-order valence-electron chi connectivity index (χ0n) is 9.85. The standard InChI is InChI=1S/C12H11BrN2O3/c1-12(2,11(16)17)10-14-9(18-15-10)7-3-5-8(13)6-4-7/h3-6H,1-2H3,(H,16,17). The second kappa shape index (κ2) is 4.53. The van der Waals surface area contributed by atoms with E-state index in [1.165, 1.54) is 13.8 Å². The van der Waals surface area contributed by atoms with E-state index in [0.29, 0.717) is 5.89 Å². The summed E-state index contributed by atoms with van der Waals surface area (Å²) in [5.41, 5.74) is -0.421. The van der Waals surface area contributed by atoms with Gasteiger partial charge in [-0.25, -0.2) is 0 Å². The molecule has 0 saturated carbocycles. The SMILES string of the molecule is CC(C)(C(=O)O)c1noc(-c2ccc(Br)cc2)n1. The fourth-order valence-electron chi connectivity index (χ4n) is 1.28. The van der Waals surface area contributed by atoms with Crippen LogP contribution in [-0.4, -0.2) is 21.2 Å². The monoisotopic (exact) mass is 310 g/mol. The normalized spacial score (nSPS) is 11.5. The van der Waals surface area contributed by atoms with Gasteiger partial charge in [-0.3, -0.25) is 4.79 Å². The predicted octanol–water partition coefficient (Wildman–Crippen LogP) is 2.86. The molecule has 0 fully saturated rings. The van der Waals surface area contributed by atoms with Crippen LogP contribution >= 0.6 is 15.9 Å². The molecular weight excluding hydrogens is 300 g/mol. The summed E-state index contributed by atoms with van der Waals surface area (Å²) in [5, 5.41) is 12.8. The molecule has 5 nitrogen and oxygen atoms in total. The molecule has 0 bridgehead atoms.